The largest absolute Gasteiger partial charge is 0.418 e. The first-order valence-corrected chi connectivity index (χ1v) is 10.2. The highest BCUT2D eigenvalue weighted by molar-refractivity contribution is 7.90. The number of nitrogens with zero attached hydrogens (tertiary/aromatic N) is 3. The Labute approximate surface area is 154 Å². The molecule has 4 N–H and O–H groups in total. The maximum atomic E-state index is 13.8. The molecule has 1 spiro atoms. The van der Waals surface area contributed by atoms with Crippen LogP contribution in [0.15, 0.2) is 33.1 Å². The molecule has 0 radical (unpaired) electrons. The molecule has 1 aromatic rings. The van der Waals surface area contributed by atoms with Crippen LogP contribution in [0.1, 0.15) is 37.7 Å². The molecule has 7 nitrogen and oxygen atoms in total. The number of rotatable bonds is 2. The van der Waals surface area contributed by atoms with Crippen molar-refractivity contribution in [1.29, 1.82) is 0 Å². The lowest BCUT2D eigenvalue weighted by Gasteiger charge is -2.46. The van der Waals surface area contributed by atoms with Crippen LogP contribution in [0.2, 0.25) is 0 Å². The highest BCUT2D eigenvalue weighted by atomic mass is 32.2. The Hall–Kier alpha value is -2.30. The fourth-order valence-corrected chi connectivity index (χ4v) is 4.28. The molecule has 0 aromatic heterocycles. The third kappa shape index (κ3) is 3.60. The van der Waals surface area contributed by atoms with E-state index < -0.39 is 32.1 Å². The number of sulfone groups is 1. The Balaban J connectivity index is 2.23. The van der Waals surface area contributed by atoms with E-state index in [2.05, 4.69) is 9.98 Å². The fraction of sp³-hybridized carbons (Fsp3) is 0.500. The molecule has 3 rings (SSSR count). The van der Waals surface area contributed by atoms with E-state index >= 15 is 0 Å². The Morgan fingerprint density at radius 2 is 1.78 bits per heavy atom. The molecule has 1 heterocycles. The minimum atomic E-state index is -4.79. The molecule has 1 aliphatic heterocycles. The first-order valence-electron chi connectivity index (χ1n) is 8.35. The standard InChI is InChI=1S/C16H20F3N5O2S/c1-27(25,26)10-5-6-12(11(9-10)16(17,18)19)24-14(21)22-13(20)23-15(24)7-3-2-4-8-15/h5-6,9H,2-4,7-8H2,1H3,(H4,20,21,22,23). The molecular weight excluding hydrogens is 383 g/mol. The average Bonchev–Trinajstić information content (AvgIpc) is 2.53. The van der Waals surface area contributed by atoms with E-state index in [9.17, 15) is 21.6 Å². The summed E-state index contributed by atoms with van der Waals surface area (Å²) in [5.41, 5.74) is 9.26. The first-order chi connectivity index (χ1) is 12.4. The maximum Gasteiger partial charge on any atom is 0.418 e. The molecule has 1 saturated carbocycles. The summed E-state index contributed by atoms with van der Waals surface area (Å²) < 4.78 is 64.8. The molecule has 0 bridgehead atoms. The van der Waals surface area contributed by atoms with Crippen LogP contribution in [0, 0.1) is 0 Å². The van der Waals surface area contributed by atoms with Gasteiger partial charge in [0.15, 0.2) is 9.84 Å². The molecule has 11 heteroatoms. The quantitative estimate of drug-likeness (QED) is 0.786. The Kier molecular flexibility index (Phi) is 4.61. The summed E-state index contributed by atoms with van der Waals surface area (Å²) in [6.45, 7) is 0. The average molecular weight is 403 g/mol. The molecule has 1 fully saturated rings. The van der Waals surface area contributed by atoms with Crippen molar-refractivity contribution in [1.82, 2.24) is 0 Å². The van der Waals surface area contributed by atoms with Crippen molar-refractivity contribution in [3.05, 3.63) is 23.8 Å². The van der Waals surface area contributed by atoms with Crippen LogP contribution in [-0.2, 0) is 16.0 Å². The number of hydrogen-bond acceptors (Lipinski definition) is 7. The van der Waals surface area contributed by atoms with Gasteiger partial charge in [-0.3, -0.25) is 4.90 Å². The van der Waals surface area contributed by atoms with Gasteiger partial charge in [0.2, 0.25) is 11.9 Å². The summed E-state index contributed by atoms with van der Waals surface area (Å²) in [7, 11) is -3.82. The smallest absolute Gasteiger partial charge is 0.369 e. The highest BCUT2D eigenvalue weighted by Crippen LogP contribution is 2.44. The van der Waals surface area contributed by atoms with Gasteiger partial charge < -0.3 is 11.5 Å². The van der Waals surface area contributed by atoms with Gasteiger partial charge in [0.05, 0.1) is 16.1 Å². The van der Waals surface area contributed by atoms with Crippen molar-refractivity contribution in [2.24, 2.45) is 21.5 Å². The third-order valence-electron chi connectivity index (χ3n) is 4.79. The van der Waals surface area contributed by atoms with Crippen molar-refractivity contribution in [3.8, 4) is 0 Å². The summed E-state index contributed by atoms with van der Waals surface area (Å²) >= 11 is 0. The zero-order chi connectivity index (χ0) is 20.0. The summed E-state index contributed by atoms with van der Waals surface area (Å²) in [6, 6.07) is 2.86. The van der Waals surface area contributed by atoms with E-state index in [0.29, 0.717) is 18.9 Å². The molecule has 0 saturated heterocycles. The van der Waals surface area contributed by atoms with Crippen LogP contribution < -0.4 is 16.4 Å². The predicted octanol–water partition coefficient (Wildman–Crippen LogP) is 2.22. The number of benzene rings is 1. The predicted molar refractivity (Wildman–Crippen MR) is 96.1 cm³/mol. The van der Waals surface area contributed by atoms with Gasteiger partial charge in [-0.1, -0.05) is 6.42 Å². The topological polar surface area (TPSA) is 114 Å². The number of guanidine groups is 2. The molecule has 148 valence electrons. The number of aliphatic imine (C=N–C) groups is 2. The third-order valence-corrected chi connectivity index (χ3v) is 5.90. The number of nitrogens with two attached hydrogens (primary N) is 2. The monoisotopic (exact) mass is 403 g/mol. The molecule has 2 aliphatic rings. The van der Waals surface area contributed by atoms with Gasteiger partial charge >= 0.3 is 6.18 Å². The molecule has 0 unspecified atom stereocenters. The Morgan fingerprint density at radius 1 is 1.15 bits per heavy atom. The van der Waals surface area contributed by atoms with Crippen LogP contribution in [0.3, 0.4) is 0 Å². The Morgan fingerprint density at radius 3 is 2.33 bits per heavy atom. The molecular formula is C16H20F3N5O2S. The van der Waals surface area contributed by atoms with Crippen molar-refractivity contribution >= 4 is 27.4 Å². The second-order valence-corrected chi connectivity index (χ2v) is 8.78. The summed E-state index contributed by atoms with van der Waals surface area (Å²) in [5.74, 6) is -0.269. The number of alkyl halides is 3. The molecule has 1 aliphatic carbocycles. The van der Waals surface area contributed by atoms with Gasteiger partial charge in [0, 0.05) is 6.26 Å². The van der Waals surface area contributed by atoms with Crippen LogP contribution >= 0.6 is 0 Å². The molecule has 0 atom stereocenters. The molecule has 1 aromatic carbocycles. The second kappa shape index (κ2) is 6.39. The van der Waals surface area contributed by atoms with Gasteiger partial charge in [0.25, 0.3) is 0 Å². The van der Waals surface area contributed by atoms with Crippen molar-refractivity contribution in [3.63, 3.8) is 0 Å². The molecule has 0 amide bonds. The van der Waals surface area contributed by atoms with Crippen molar-refractivity contribution in [2.75, 3.05) is 11.2 Å². The zero-order valence-corrected chi connectivity index (χ0v) is 15.4. The van der Waals surface area contributed by atoms with Crippen LogP contribution in [-0.4, -0.2) is 32.3 Å². The SMILES string of the molecule is CS(=O)(=O)c1ccc(N2C(N)=NC(N)=NC23CCCCC3)c(C(F)(F)F)c1. The normalized spacial score (nSPS) is 20.4. The minimum Gasteiger partial charge on any atom is -0.369 e. The van der Waals surface area contributed by atoms with Crippen LogP contribution in [0.4, 0.5) is 18.9 Å². The van der Waals surface area contributed by atoms with E-state index in [1.165, 1.54) is 4.90 Å². The number of halogens is 3. The lowest BCUT2D eigenvalue weighted by molar-refractivity contribution is -0.137. The summed E-state index contributed by atoms with van der Waals surface area (Å²) in [4.78, 5) is 9.01. The molecule has 27 heavy (non-hydrogen) atoms. The number of anilines is 1. The lowest BCUT2D eigenvalue weighted by Crippen LogP contribution is -2.58. The Bertz CT molecular complexity index is 918. The van der Waals surface area contributed by atoms with E-state index in [0.717, 1.165) is 37.7 Å². The summed E-state index contributed by atoms with van der Waals surface area (Å²) in [6.07, 6.45) is -0.566. The maximum absolute atomic E-state index is 13.8. The van der Waals surface area contributed by atoms with Crippen molar-refractivity contribution < 1.29 is 21.6 Å². The number of hydrogen-bond donors (Lipinski definition) is 2. The van der Waals surface area contributed by atoms with E-state index in [1.807, 2.05) is 0 Å². The first kappa shape index (κ1) is 19.5. The minimum absolute atomic E-state index is 0.0769. The summed E-state index contributed by atoms with van der Waals surface area (Å²) in [5, 5.41) is 0. The lowest BCUT2D eigenvalue weighted by atomic mass is 9.87. The van der Waals surface area contributed by atoms with Gasteiger partial charge in [-0.05, 0) is 43.9 Å². The van der Waals surface area contributed by atoms with Gasteiger partial charge in [0.1, 0.15) is 5.66 Å². The van der Waals surface area contributed by atoms with Gasteiger partial charge in [-0.15, -0.1) is 0 Å². The van der Waals surface area contributed by atoms with Crippen LogP contribution in [0.25, 0.3) is 0 Å². The zero-order valence-electron chi connectivity index (χ0n) is 14.6. The van der Waals surface area contributed by atoms with E-state index in [-0.39, 0.29) is 17.6 Å². The second-order valence-electron chi connectivity index (χ2n) is 6.77. The van der Waals surface area contributed by atoms with E-state index in [4.69, 9.17) is 11.5 Å². The highest BCUT2D eigenvalue weighted by Gasteiger charge is 2.46. The van der Waals surface area contributed by atoms with Crippen LogP contribution in [0.5, 0.6) is 0 Å². The van der Waals surface area contributed by atoms with Gasteiger partial charge in [-0.2, -0.15) is 18.2 Å². The van der Waals surface area contributed by atoms with Gasteiger partial charge in [-0.25, -0.2) is 13.4 Å². The van der Waals surface area contributed by atoms with E-state index in [1.54, 1.807) is 0 Å². The van der Waals surface area contributed by atoms with Crippen molar-refractivity contribution in [2.45, 2.75) is 48.8 Å². The fourth-order valence-electron chi connectivity index (χ4n) is 3.64.